The summed E-state index contributed by atoms with van der Waals surface area (Å²) in [6.45, 7) is 0.451. The Hall–Kier alpha value is -3.71. The third-order valence-electron chi connectivity index (χ3n) is 5.05. The molecule has 0 bridgehead atoms. The normalized spacial score (nSPS) is 12.7. The smallest absolute Gasteiger partial charge is 0.365 e. The molecule has 3 aromatic rings. The second-order valence-corrected chi connectivity index (χ2v) is 11.7. The van der Waals surface area contributed by atoms with Gasteiger partial charge in [-0.05, 0) is 30.7 Å². The highest BCUT2D eigenvalue weighted by atomic mass is 32.2. The molecule has 40 heavy (non-hydrogen) atoms. The topological polar surface area (TPSA) is 155 Å². The van der Waals surface area contributed by atoms with Crippen molar-refractivity contribution in [1.82, 2.24) is 19.7 Å². The van der Waals surface area contributed by atoms with E-state index < -0.39 is 49.7 Å². The first-order valence-electron chi connectivity index (χ1n) is 11.0. The third-order valence-corrected chi connectivity index (χ3v) is 7.44. The molecule has 0 saturated carbocycles. The van der Waals surface area contributed by atoms with Gasteiger partial charge in [-0.15, -0.1) is 0 Å². The number of rotatable bonds is 11. The molecular formula is C21H21F6N7O4S2. The molecule has 0 atom stereocenters. The van der Waals surface area contributed by atoms with Crippen LogP contribution in [0, 0.1) is 0 Å². The van der Waals surface area contributed by atoms with Crippen LogP contribution in [0.5, 0.6) is 0 Å². The number of sulfonamides is 2. The molecule has 19 heteroatoms. The summed E-state index contributed by atoms with van der Waals surface area (Å²) in [6.07, 6.45) is -3.00. The monoisotopic (exact) mass is 613 g/mol. The van der Waals surface area contributed by atoms with Crippen LogP contribution in [0.25, 0.3) is 0 Å². The van der Waals surface area contributed by atoms with Gasteiger partial charge in [0.2, 0.25) is 16.0 Å². The summed E-state index contributed by atoms with van der Waals surface area (Å²) < 4.78 is 128. The van der Waals surface area contributed by atoms with Crippen LogP contribution < -0.4 is 20.1 Å². The lowest BCUT2D eigenvalue weighted by Crippen LogP contribution is -2.35. The van der Waals surface area contributed by atoms with Crippen molar-refractivity contribution >= 4 is 43.3 Å². The van der Waals surface area contributed by atoms with Gasteiger partial charge in [0, 0.05) is 36.7 Å². The lowest BCUT2D eigenvalue weighted by molar-refractivity contribution is -0.137. The van der Waals surface area contributed by atoms with Crippen molar-refractivity contribution in [3.05, 3.63) is 65.5 Å². The largest absolute Gasteiger partial charge is 0.511 e. The average Bonchev–Trinajstić information content (AvgIpc) is 2.86. The molecule has 0 spiro atoms. The highest BCUT2D eigenvalue weighted by Crippen LogP contribution is 2.34. The lowest BCUT2D eigenvalue weighted by Gasteiger charge is -2.16. The van der Waals surface area contributed by atoms with E-state index in [4.69, 9.17) is 0 Å². The van der Waals surface area contributed by atoms with Crippen molar-refractivity contribution in [2.75, 3.05) is 21.1 Å². The van der Waals surface area contributed by atoms with Crippen molar-refractivity contribution in [3.8, 4) is 0 Å². The maximum atomic E-state index is 13.6. The molecule has 0 radical (unpaired) electrons. The fourth-order valence-electron chi connectivity index (χ4n) is 2.95. The summed E-state index contributed by atoms with van der Waals surface area (Å²) in [5.74, 6) is -1.23. The standard InChI is InChI=1S/C21H21F6N7O4S2/c1-2-39(35,36)34-17-14(4-3-9-28-17)11-29-18-16(20(22,23)24)12-30-19(33-18)32-15-7-5-13(6-8-15)10-31-40(37,38)21(25,26)27/h3-9,12,31H,2,10-11H2,1H3,(H,28,34)(H2,29,30,32,33). The Morgan fingerprint density at radius 3 is 2.15 bits per heavy atom. The molecule has 2 heterocycles. The van der Waals surface area contributed by atoms with Gasteiger partial charge in [-0.3, -0.25) is 4.72 Å². The van der Waals surface area contributed by atoms with E-state index in [1.165, 1.54) is 54.2 Å². The van der Waals surface area contributed by atoms with E-state index in [0.717, 1.165) is 0 Å². The summed E-state index contributed by atoms with van der Waals surface area (Å²) in [4.78, 5) is 11.4. The highest BCUT2D eigenvalue weighted by molar-refractivity contribution is 7.92. The van der Waals surface area contributed by atoms with Crippen LogP contribution in [0.3, 0.4) is 0 Å². The molecule has 218 valence electrons. The minimum Gasteiger partial charge on any atom is -0.365 e. The highest BCUT2D eigenvalue weighted by Gasteiger charge is 2.45. The predicted molar refractivity (Wildman–Crippen MR) is 133 cm³/mol. The average molecular weight is 614 g/mol. The van der Waals surface area contributed by atoms with Gasteiger partial charge in [-0.1, -0.05) is 18.2 Å². The predicted octanol–water partition coefficient (Wildman–Crippen LogP) is 3.95. The number of benzene rings is 1. The molecule has 0 fully saturated rings. The first kappa shape index (κ1) is 30.8. The molecule has 0 aliphatic carbocycles. The van der Waals surface area contributed by atoms with Crippen LogP contribution in [-0.4, -0.2) is 43.0 Å². The van der Waals surface area contributed by atoms with Crippen molar-refractivity contribution in [3.63, 3.8) is 0 Å². The van der Waals surface area contributed by atoms with E-state index in [1.54, 1.807) is 0 Å². The quantitative estimate of drug-likeness (QED) is 0.235. The van der Waals surface area contributed by atoms with Crippen molar-refractivity contribution in [2.45, 2.75) is 31.7 Å². The zero-order valence-corrected chi connectivity index (χ0v) is 21.9. The number of halogens is 6. The Labute approximate surface area is 224 Å². The molecule has 0 amide bonds. The first-order chi connectivity index (χ1) is 18.5. The summed E-state index contributed by atoms with van der Waals surface area (Å²) >= 11 is 0. The van der Waals surface area contributed by atoms with E-state index in [-0.39, 0.29) is 40.9 Å². The van der Waals surface area contributed by atoms with E-state index in [1.807, 2.05) is 0 Å². The number of anilines is 4. The Bertz CT molecular complexity index is 1550. The number of nitrogens with zero attached hydrogens (tertiary/aromatic N) is 3. The first-order valence-corrected chi connectivity index (χ1v) is 14.2. The Morgan fingerprint density at radius 2 is 1.55 bits per heavy atom. The fourth-order valence-corrected chi connectivity index (χ4v) is 4.09. The molecule has 4 N–H and O–H groups in total. The number of nitrogens with one attached hydrogen (secondary N) is 4. The zero-order valence-electron chi connectivity index (χ0n) is 20.3. The van der Waals surface area contributed by atoms with Gasteiger partial charge in [0.05, 0.1) is 5.75 Å². The maximum absolute atomic E-state index is 13.6. The molecule has 1 aromatic carbocycles. The molecule has 3 rings (SSSR count). The minimum absolute atomic E-state index is 0.0737. The summed E-state index contributed by atoms with van der Waals surface area (Å²) in [7, 11) is -9.25. The summed E-state index contributed by atoms with van der Waals surface area (Å²) in [5, 5.41) is 5.16. The van der Waals surface area contributed by atoms with Crippen molar-refractivity contribution in [1.29, 1.82) is 0 Å². The van der Waals surface area contributed by atoms with Gasteiger partial charge in [-0.2, -0.15) is 31.3 Å². The lowest BCUT2D eigenvalue weighted by atomic mass is 10.2. The number of aromatic nitrogens is 3. The molecule has 0 saturated heterocycles. The molecule has 0 aliphatic heterocycles. The van der Waals surface area contributed by atoms with E-state index in [2.05, 4.69) is 30.3 Å². The molecule has 0 unspecified atom stereocenters. The zero-order chi connectivity index (χ0) is 29.8. The Kier molecular flexibility index (Phi) is 9.10. The van der Waals surface area contributed by atoms with E-state index in [0.29, 0.717) is 6.20 Å². The van der Waals surface area contributed by atoms with Crippen molar-refractivity contribution in [2.24, 2.45) is 0 Å². The van der Waals surface area contributed by atoms with Crippen LogP contribution in [0.4, 0.5) is 49.6 Å². The minimum atomic E-state index is -5.54. The van der Waals surface area contributed by atoms with Crippen LogP contribution in [-0.2, 0) is 39.3 Å². The van der Waals surface area contributed by atoms with Crippen LogP contribution in [0.15, 0.2) is 48.8 Å². The van der Waals surface area contributed by atoms with Gasteiger partial charge in [0.15, 0.2) is 0 Å². The van der Waals surface area contributed by atoms with E-state index >= 15 is 0 Å². The Balaban J connectivity index is 1.78. The Morgan fingerprint density at radius 1 is 0.875 bits per heavy atom. The molecule has 11 nitrogen and oxygen atoms in total. The van der Waals surface area contributed by atoms with Crippen molar-refractivity contribution < 1.29 is 43.2 Å². The molecule has 0 aliphatic rings. The second-order valence-electron chi connectivity index (χ2n) is 7.92. The summed E-state index contributed by atoms with van der Waals surface area (Å²) in [5.41, 5.74) is -6.04. The van der Waals surface area contributed by atoms with Gasteiger partial charge < -0.3 is 10.6 Å². The second kappa shape index (κ2) is 11.8. The molecular weight excluding hydrogens is 592 g/mol. The van der Waals surface area contributed by atoms with Crippen LogP contribution >= 0.6 is 0 Å². The van der Waals surface area contributed by atoms with E-state index in [9.17, 15) is 43.2 Å². The summed E-state index contributed by atoms with van der Waals surface area (Å²) in [6, 6.07) is 8.14. The third kappa shape index (κ3) is 8.15. The number of alkyl halides is 6. The maximum Gasteiger partial charge on any atom is 0.511 e. The number of pyridine rings is 1. The SMILES string of the molecule is CCS(=O)(=O)Nc1ncccc1CNc1nc(Nc2ccc(CNS(=O)(=O)C(F)(F)F)cc2)ncc1C(F)(F)F. The number of hydrogen-bond acceptors (Lipinski definition) is 9. The van der Waals surface area contributed by atoms with Gasteiger partial charge >= 0.3 is 21.7 Å². The number of hydrogen-bond donors (Lipinski definition) is 4. The van der Waals surface area contributed by atoms with Crippen LogP contribution in [0.1, 0.15) is 23.6 Å². The van der Waals surface area contributed by atoms with Crippen LogP contribution in [0.2, 0.25) is 0 Å². The molecule has 2 aromatic heterocycles. The fraction of sp³-hybridized carbons (Fsp3) is 0.286. The van der Waals surface area contributed by atoms with Gasteiger partial charge in [0.1, 0.15) is 17.2 Å². The van der Waals surface area contributed by atoms with Gasteiger partial charge in [0.25, 0.3) is 0 Å². The van der Waals surface area contributed by atoms with Gasteiger partial charge in [-0.25, -0.2) is 31.5 Å².